The van der Waals surface area contributed by atoms with Gasteiger partial charge < -0.3 is 5.32 Å². The molecule has 0 amide bonds. The summed E-state index contributed by atoms with van der Waals surface area (Å²) in [6.45, 7) is 4.51. The molecule has 1 N–H and O–H groups in total. The normalized spacial score (nSPS) is 15.4. The Labute approximate surface area is 95.5 Å². The van der Waals surface area contributed by atoms with Gasteiger partial charge in [0.05, 0.1) is 4.34 Å². The van der Waals surface area contributed by atoms with Crippen LogP contribution in [-0.4, -0.2) is 13.1 Å². The van der Waals surface area contributed by atoms with Gasteiger partial charge in [0.25, 0.3) is 0 Å². The first-order chi connectivity index (χ1) is 6.67. The summed E-state index contributed by atoms with van der Waals surface area (Å²) in [6.07, 6.45) is 2.30. The first kappa shape index (κ1) is 12.0. The quantitative estimate of drug-likeness (QED) is 0.817. The summed E-state index contributed by atoms with van der Waals surface area (Å²) in [5.41, 5.74) is 0. The Morgan fingerprint density at radius 2 is 2.21 bits per heavy atom. The summed E-state index contributed by atoms with van der Waals surface area (Å²) in [6, 6.07) is 4.72. The summed E-state index contributed by atoms with van der Waals surface area (Å²) in [7, 11) is 2.03. The maximum atomic E-state index is 5.89. The maximum Gasteiger partial charge on any atom is 0.0931 e. The predicted molar refractivity (Wildman–Crippen MR) is 65.3 cm³/mol. The third-order valence-corrected chi connectivity index (χ3v) is 3.90. The van der Waals surface area contributed by atoms with Crippen LogP contribution in [0.25, 0.3) is 0 Å². The molecular formula is C11H18ClNS. The van der Waals surface area contributed by atoms with Crippen molar-refractivity contribution in [2.24, 2.45) is 5.92 Å². The van der Waals surface area contributed by atoms with E-state index < -0.39 is 0 Å². The summed E-state index contributed by atoms with van der Waals surface area (Å²) in [5.74, 6) is 0.666. The van der Waals surface area contributed by atoms with E-state index in [9.17, 15) is 0 Å². The van der Waals surface area contributed by atoms with Gasteiger partial charge >= 0.3 is 0 Å². The molecule has 0 aliphatic rings. The van der Waals surface area contributed by atoms with E-state index in [1.807, 2.05) is 13.1 Å². The van der Waals surface area contributed by atoms with Crippen LogP contribution in [0.3, 0.4) is 0 Å². The lowest BCUT2D eigenvalue weighted by molar-refractivity contribution is 0.388. The molecule has 0 aliphatic heterocycles. The fraction of sp³-hybridized carbons (Fsp3) is 0.636. The topological polar surface area (TPSA) is 12.0 Å². The van der Waals surface area contributed by atoms with Crippen LogP contribution in [-0.2, 0) is 6.42 Å². The first-order valence-corrected chi connectivity index (χ1v) is 6.28. The second-order valence-electron chi connectivity index (χ2n) is 3.69. The van der Waals surface area contributed by atoms with Crippen LogP contribution in [0.1, 0.15) is 25.1 Å². The molecule has 0 aliphatic carbocycles. The van der Waals surface area contributed by atoms with Gasteiger partial charge in [0.1, 0.15) is 0 Å². The molecule has 2 unspecified atom stereocenters. The monoisotopic (exact) mass is 231 g/mol. The molecule has 0 fully saturated rings. The van der Waals surface area contributed by atoms with Crippen molar-refractivity contribution in [3.8, 4) is 0 Å². The van der Waals surface area contributed by atoms with Gasteiger partial charge in [-0.15, -0.1) is 11.3 Å². The molecule has 1 aromatic rings. The van der Waals surface area contributed by atoms with Gasteiger partial charge in [0, 0.05) is 10.9 Å². The van der Waals surface area contributed by atoms with Crippen molar-refractivity contribution >= 4 is 22.9 Å². The SMILES string of the molecule is CCC(NC)C(C)Cc1ccc(Cl)s1. The van der Waals surface area contributed by atoms with Crippen LogP contribution in [0.4, 0.5) is 0 Å². The van der Waals surface area contributed by atoms with Crippen LogP contribution >= 0.6 is 22.9 Å². The van der Waals surface area contributed by atoms with Gasteiger partial charge in [0.15, 0.2) is 0 Å². The Bertz CT molecular complexity index is 268. The van der Waals surface area contributed by atoms with E-state index in [4.69, 9.17) is 11.6 Å². The Hall–Kier alpha value is -0.0500. The maximum absolute atomic E-state index is 5.89. The molecule has 14 heavy (non-hydrogen) atoms. The Kier molecular flexibility index (Phi) is 4.93. The molecule has 0 aromatic carbocycles. The Balaban J connectivity index is 2.51. The number of rotatable bonds is 5. The Morgan fingerprint density at radius 3 is 2.64 bits per heavy atom. The molecule has 1 heterocycles. The smallest absolute Gasteiger partial charge is 0.0931 e. The van der Waals surface area contributed by atoms with E-state index >= 15 is 0 Å². The second-order valence-corrected chi connectivity index (χ2v) is 5.49. The van der Waals surface area contributed by atoms with Gasteiger partial charge in [-0.05, 0) is 37.9 Å². The van der Waals surface area contributed by atoms with Crippen molar-refractivity contribution in [3.63, 3.8) is 0 Å². The third kappa shape index (κ3) is 3.26. The average molecular weight is 232 g/mol. The molecule has 80 valence electrons. The van der Waals surface area contributed by atoms with Crippen LogP contribution < -0.4 is 5.32 Å². The van der Waals surface area contributed by atoms with Gasteiger partial charge in [-0.2, -0.15) is 0 Å². The fourth-order valence-electron chi connectivity index (χ4n) is 1.81. The molecule has 1 nitrogen and oxygen atoms in total. The molecule has 2 atom stereocenters. The van der Waals surface area contributed by atoms with Gasteiger partial charge in [-0.25, -0.2) is 0 Å². The van der Waals surface area contributed by atoms with Gasteiger partial charge in [-0.3, -0.25) is 0 Å². The standard InChI is InChI=1S/C11H18ClNS/c1-4-10(13-3)8(2)7-9-5-6-11(12)14-9/h5-6,8,10,13H,4,7H2,1-3H3. The van der Waals surface area contributed by atoms with E-state index in [0.29, 0.717) is 12.0 Å². The zero-order valence-corrected chi connectivity index (χ0v) is 10.6. The number of hydrogen-bond donors (Lipinski definition) is 1. The number of halogens is 1. The molecule has 3 heteroatoms. The van der Waals surface area contributed by atoms with Gasteiger partial charge in [0.2, 0.25) is 0 Å². The van der Waals surface area contributed by atoms with Crippen molar-refractivity contribution in [2.45, 2.75) is 32.7 Å². The minimum atomic E-state index is 0.607. The zero-order chi connectivity index (χ0) is 10.6. The molecule has 0 saturated heterocycles. The molecule has 1 rings (SSSR count). The highest BCUT2D eigenvalue weighted by atomic mass is 35.5. The number of nitrogens with one attached hydrogen (secondary N) is 1. The average Bonchev–Trinajstić information content (AvgIpc) is 2.53. The van der Waals surface area contributed by atoms with Crippen LogP contribution in [0.2, 0.25) is 4.34 Å². The van der Waals surface area contributed by atoms with Crippen molar-refractivity contribution < 1.29 is 0 Å². The molecule has 1 aromatic heterocycles. The highest BCUT2D eigenvalue weighted by Crippen LogP contribution is 2.25. The minimum Gasteiger partial charge on any atom is -0.317 e. The van der Waals surface area contributed by atoms with E-state index in [2.05, 4.69) is 25.2 Å². The zero-order valence-electron chi connectivity index (χ0n) is 9.01. The number of hydrogen-bond acceptors (Lipinski definition) is 2. The summed E-state index contributed by atoms with van der Waals surface area (Å²) < 4.78 is 0.893. The summed E-state index contributed by atoms with van der Waals surface area (Å²) in [5, 5.41) is 3.35. The highest BCUT2D eigenvalue weighted by molar-refractivity contribution is 7.16. The van der Waals surface area contributed by atoms with Crippen molar-refractivity contribution in [1.29, 1.82) is 0 Å². The number of thiophene rings is 1. The summed E-state index contributed by atoms with van der Waals surface area (Å²) >= 11 is 7.59. The molecule has 0 spiro atoms. The molecule has 0 radical (unpaired) electrons. The minimum absolute atomic E-state index is 0.607. The van der Waals surface area contributed by atoms with E-state index in [0.717, 1.165) is 10.8 Å². The van der Waals surface area contributed by atoms with Crippen molar-refractivity contribution in [1.82, 2.24) is 5.32 Å². The predicted octanol–water partition coefficient (Wildman–Crippen LogP) is 3.58. The lowest BCUT2D eigenvalue weighted by Gasteiger charge is -2.21. The summed E-state index contributed by atoms with van der Waals surface area (Å²) in [4.78, 5) is 1.39. The fourth-order valence-corrected chi connectivity index (χ4v) is 3.04. The molecule has 0 saturated carbocycles. The van der Waals surface area contributed by atoms with E-state index in [-0.39, 0.29) is 0 Å². The Morgan fingerprint density at radius 1 is 1.50 bits per heavy atom. The third-order valence-electron chi connectivity index (χ3n) is 2.65. The highest BCUT2D eigenvalue weighted by Gasteiger charge is 2.14. The van der Waals surface area contributed by atoms with Gasteiger partial charge in [-0.1, -0.05) is 25.4 Å². The molecular weight excluding hydrogens is 214 g/mol. The van der Waals surface area contributed by atoms with Crippen LogP contribution in [0, 0.1) is 5.92 Å². The van der Waals surface area contributed by atoms with E-state index in [1.165, 1.54) is 11.3 Å². The van der Waals surface area contributed by atoms with Crippen LogP contribution in [0.15, 0.2) is 12.1 Å². The van der Waals surface area contributed by atoms with Crippen molar-refractivity contribution in [2.75, 3.05) is 7.05 Å². The lowest BCUT2D eigenvalue weighted by atomic mass is 9.96. The van der Waals surface area contributed by atoms with Crippen LogP contribution in [0.5, 0.6) is 0 Å². The largest absolute Gasteiger partial charge is 0.317 e. The van der Waals surface area contributed by atoms with E-state index in [1.54, 1.807) is 11.3 Å². The molecule has 0 bridgehead atoms. The van der Waals surface area contributed by atoms with Crippen molar-refractivity contribution in [3.05, 3.63) is 21.3 Å². The first-order valence-electron chi connectivity index (χ1n) is 5.08. The lowest BCUT2D eigenvalue weighted by Crippen LogP contribution is -2.32. The second kappa shape index (κ2) is 5.74.